The van der Waals surface area contributed by atoms with Crippen LogP contribution >= 0.6 is 0 Å². The Morgan fingerprint density at radius 1 is 0.804 bits per heavy atom. The molecule has 4 rings (SSSR count). The molecule has 0 aliphatic heterocycles. The molecular weight excluding hydrogens is 602 g/mol. The van der Waals surface area contributed by atoms with Crippen molar-refractivity contribution in [1.29, 1.82) is 0 Å². The van der Waals surface area contributed by atoms with Crippen LogP contribution in [-0.4, -0.2) is 58.5 Å². The van der Waals surface area contributed by atoms with Crippen LogP contribution in [-0.2, 0) is 32.6 Å². The molecule has 242 valence electrons. The SMILES string of the molecule is CCNC(=O)C(Cc1ccccc1)N(Cc1cccc(OC)c1)C(=O)CN(c1cc(C)ccc1OC)S(=O)(=O)c1ccc(C)cc1. The van der Waals surface area contributed by atoms with E-state index in [0.717, 1.165) is 26.6 Å². The van der Waals surface area contributed by atoms with Gasteiger partial charge in [0, 0.05) is 19.5 Å². The number of sulfonamides is 1. The minimum absolute atomic E-state index is 0.0263. The van der Waals surface area contributed by atoms with Gasteiger partial charge in [-0.3, -0.25) is 13.9 Å². The Bertz CT molecular complexity index is 1740. The molecule has 0 bridgehead atoms. The number of likely N-dealkylation sites (N-methyl/N-ethyl adjacent to an activating group) is 1. The maximum atomic E-state index is 14.6. The number of nitrogens with zero attached hydrogens (tertiary/aromatic N) is 2. The number of nitrogens with one attached hydrogen (secondary N) is 1. The first kappa shape index (κ1) is 34.1. The monoisotopic (exact) mass is 643 g/mol. The van der Waals surface area contributed by atoms with Crippen LogP contribution in [0.15, 0.2) is 102 Å². The Kier molecular flexibility index (Phi) is 11.4. The van der Waals surface area contributed by atoms with Gasteiger partial charge in [-0.25, -0.2) is 8.42 Å². The molecule has 0 fully saturated rings. The molecule has 0 aliphatic carbocycles. The van der Waals surface area contributed by atoms with E-state index in [0.29, 0.717) is 12.3 Å². The summed E-state index contributed by atoms with van der Waals surface area (Å²) in [5, 5.41) is 2.87. The van der Waals surface area contributed by atoms with E-state index in [-0.39, 0.29) is 35.2 Å². The Morgan fingerprint density at radius 3 is 2.13 bits per heavy atom. The van der Waals surface area contributed by atoms with Crippen LogP contribution in [0.5, 0.6) is 11.5 Å². The van der Waals surface area contributed by atoms with Crippen molar-refractivity contribution >= 4 is 27.5 Å². The Hall–Kier alpha value is -4.83. The Morgan fingerprint density at radius 2 is 1.48 bits per heavy atom. The lowest BCUT2D eigenvalue weighted by atomic mass is 10.0. The van der Waals surface area contributed by atoms with E-state index in [9.17, 15) is 18.0 Å². The predicted octanol–water partition coefficient (Wildman–Crippen LogP) is 5.29. The van der Waals surface area contributed by atoms with E-state index in [1.807, 2.05) is 57.2 Å². The number of carbonyl (C=O) groups is 2. The number of ether oxygens (including phenoxy) is 2. The molecule has 0 radical (unpaired) electrons. The van der Waals surface area contributed by atoms with Gasteiger partial charge in [0.05, 0.1) is 24.8 Å². The van der Waals surface area contributed by atoms with Gasteiger partial charge in [0.1, 0.15) is 24.1 Å². The zero-order chi connectivity index (χ0) is 33.3. The minimum atomic E-state index is -4.26. The highest BCUT2D eigenvalue weighted by Crippen LogP contribution is 2.34. The number of anilines is 1. The van der Waals surface area contributed by atoms with E-state index >= 15 is 0 Å². The number of hydrogen-bond acceptors (Lipinski definition) is 6. The summed E-state index contributed by atoms with van der Waals surface area (Å²) < 4.78 is 40.7. The summed E-state index contributed by atoms with van der Waals surface area (Å²) in [6.07, 6.45) is 0.223. The molecule has 4 aromatic carbocycles. The van der Waals surface area contributed by atoms with Gasteiger partial charge in [0.25, 0.3) is 10.0 Å². The average molecular weight is 644 g/mol. The molecule has 1 N–H and O–H groups in total. The fraction of sp³-hybridized carbons (Fsp3) is 0.278. The maximum absolute atomic E-state index is 14.6. The molecule has 0 aromatic heterocycles. The highest BCUT2D eigenvalue weighted by Gasteiger charge is 2.35. The van der Waals surface area contributed by atoms with Crippen molar-refractivity contribution in [3.63, 3.8) is 0 Å². The lowest BCUT2D eigenvalue weighted by molar-refractivity contribution is -0.140. The van der Waals surface area contributed by atoms with Gasteiger partial charge < -0.3 is 19.7 Å². The molecule has 0 saturated carbocycles. The van der Waals surface area contributed by atoms with E-state index in [2.05, 4.69) is 5.32 Å². The quantitative estimate of drug-likeness (QED) is 0.200. The third kappa shape index (κ3) is 8.25. The summed E-state index contributed by atoms with van der Waals surface area (Å²) in [5.41, 5.74) is 3.47. The summed E-state index contributed by atoms with van der Waals surface area (Å²) in [4.78, 5) is 29.8. The van der Waals surface area contributed by atoms with Crippen molar-refractivity contribution in [3.8, 4) is 11.5 Å². The van der Waals surface area contributed by atoms with Crippen LogP contribution in [0.3, 0.4) is 0 Å². The third-order valence-electron chi connectivity index (χ3n) is 7.60. The van der Waals surface area contributed by atoms with Gasteiger partial charge in [0.2, 0.25) is 11.8 Å². The standard InChI is InChI=1S/C36H41N3O6S/c1-6-37-36(41)33(23-28-11-8-7-9-12-28)38(24-29-13-10-14-30(22-29)44-4)35(40)25-39(32-21-27(3)17-20-34(32)45-5)46(42,43)31-18-15-26(2)16-19-31/h7-22,33H,6,23-25H2,1-5H3,(H,37,41). The van der Waals surface area contributed by atoms with E-state index in [1.54, 1.807) is 55.6 Å². The molecule has 46 heavy (non-hydrogen) atoms. The first-order valence-corrected chi connectivity index (χ1v) is 16.5. The van der Waals surface area contributed by atoms with Gasteiger partial charge in [-0.2, -0.15) is 0 Å². The fourth-order valence-electron chi connectivity index (χ4n) is 5.16. The first-order chi connectivity index (χ1) is 22.1. The lowest BCUT2D eigenvalue weighted by Crippen LogP contribution is -2.53. The molecule has 0 spiro atoms. The Balaban J connectivity index is 1.85. The summed E-state index contributed by atoms with van der Waals surface area (Å²) in [5.74, 6) is -0.0217. The maximum Gasteiger partial charge on any atom is 0.264 e. The highest BCUT2D eigenvalue weighted by atomic mass is 32.2. The molecule has 10 heteroatoms. The number of rotatable bonds is 14. The van der Waals surface area contributed by atoms with Crippen LogP contribution < -0.4 is 19.1 Å². The molecule has 9 nitrogen and oxygen atoms in total. The molecule has 1 unspecified atom stereocenters. The van der Waals surface area contributed by atoms with E-state index in [4.69, 9.17) is 9.47 Å². The molecule has 0 aliphatic rings. The molecule has 2 amide bonds. The van der Waals surface area contributed by atoms with Gasteiger partial charge in [-0.15, -0.1) is 0 Å². The number of methoxy groups -OCH3 is 2. The fourth-order valence-corrected chi connectivity index (χ4v) is 6.58. The molecule has 4 aromatic rings. The minimum Gasteiger partial charge on any atom is -0.497 e. The van der Waals surface area contributed by atoms with Crippen molar-refractivity contribution in [2.75, 3.05) is 31.6 Å². The van der Waals surface area contributed by atoms with Crippen molar-refractivity contribution in [2.24, 2.45) is 0 Å². The zero-order valence-corrected chi connectivity index (χ0v) is 27.7. The van der Waals surface area contributed by atoms with Gasteiger partial charge in [-0.1, -0.05) is 66.2 Å². The van der Waals surface area contributed by atoms with Gasteiger partial charge in [0.15, 0.2) is 0 Å². The molecule has 0 heterocycles. The molecular formula is C36H41N3O6S. The zero-order valence-electron chi connectivity index (χ0n) is 26.9. The second-order valence-electron chi connectivity index (χ2n) is 11.0. The number of hydrogen-bond donors (Lipinski definition) is 1. The normalized spacial score (nSPS) is 11.8. The number of carbonyl (C=O) groups excluding carboxylic acids is 2. The van der Waals surface area contributed by atoms with Crippen LogP contribution in [0.2, 0.25) is 0 Å². The lowest BCUT2D eigenvalue weighted by Gasteiger charge is -2.34. The van der Waals surface area contributed by atoms with Crippen molar-refractivity contribution in [2.45, 2.75) is 44.7 Å². The summed E-state index contributed by atoms with van der Waals surface area (Å²) in [6.45, 7) is 5.33. The smallest absolute Gasteiger partial charge is 0.264 e. The van der Waals surface area contributed by atoms with Crippen molar-refractivity contribution in [3.05, 3.63) is 119 Å². The van der Waals surface area contributed by atoms with Crippen LogP contribution in [0.1, 0.15) is 29.2 Å². The number of amides is 2. The van der Waals surface area contributed by atoms with E-state index < -0.39 is 28.5 Å². The topological polar surface area (TPSA) is 105 Å². The van der Waals surface area contributed by atoms with E-state index in [1.165, 1.54) is 24.1 Å². The number of benzene rings is 4. The van der Waals surface area contributed by atoms with Gasteiger partial charge in [-0.05, 0) is 73.9 Å². The summed E-state index contributed by atoms with van der Waals surface area (Å²) in [7, 11) is -1.26. The first-order valence-electron chi connectivity index (χ1n) is 15.1. The number of aryl methyl sites for hydroxylation is 2. The Labute approximate surface area is 271 Å². The second-order valence-corrected chi connectivity index (χ2v) is 12.8. The van der Waals surface area contributed by atoms with Crippen molar-refractivity contribution in [1.82, 2.24) is 10.2 Å². The largest absolute Gasteiger partial charge is 0.497 e. The van der Waals surface area contributed by atoms with Gasteiger partial charge >= 0.3 is 0 Å². The van der Waals surface area contributed by atoms with Crippen LogP contribution in [0.4, 0.5) is 5.69 Å². The van der Waals surface area contributed by atoms with Crippen molar-refractivity contribution < 1.29 is 27.5 Å². The third-order valence-corrected chi connectivity index (χ3v) is 9.37. The second kappa shape index (κ2) is 15.4. The average Bonchev–Trinajstić information content (AvgIpc) is 3.05. The van der Waals surface area contributed by atoms with Crippen LogP contribution in [0.25, 0.3) is 0 Å². The molecule has 0 saturated heterocycles. The highest BCUT2D eigenvalue weighted by molar-refractivity contribution is 7.92. The van der Waals surface area contributed by atoms with Crippen LogP contribution in [0, 0.1) is 13.8 Å². The predicted molar refractivity (Wildman–Crippen MR) is 180 cm³/mol. The molecule has 1 atom stereocenters. The summed E-state index contributed by atoms with van der Waals surface area (Å²) in [6, 6.07) is 27.3. The summed E-state index contributed by atoms with van der Waals surface area (Å²) >= 11 is 0.